The van der Waals surface area contributed by atoms with E-state index in [0.29, 0.717) is 16.8 Å². The van der Waals surface area contributed by atoms with Gasteiger partial charge in [-0.15, -0.1) is 11.5 Å². The van der Waals surface area contributed by atoms with Gasteiger partial charge < -0.3 is 15.2 Å². The van der Waals surface area contributed by atoms with Crippen molar-refractivity contribution in [2.24, 2.45) is 7.05 Å². The predicted molar refractivity (Wildman–Crippen MR) is 128 cm³/mol. The molecule has 0 aliphatic carbocycles. The number of amides is 1. The van der Waals surface area contributed by atoms with E-state index >= 15 is 4.39 Å². The molecular weight excluding hydrogens is 543 g/mol. The Bertz CT molecular complexity index is 1450. The van der Waals surface area contributed by atoms with Gasteiger partial charge in [0.1, 0.15) is 22.9 Å². The maximum atomic E-state index is 15.2. The second-order valence-corrected chi connectivity index (χ2v) is 9.01. The summed E-state index contributed by atoms with van der Waals surface area (Å²) in [5, 5.41) is 16.4. The first kappa shape index (κ1) is 28.0. The zero-order chi connectivity index (χ0) is 27.9. The SMILES string of the molecule is C#C[C@H](Oc1cc(-n2nc(C(C)(C)O)n(C)c2=O)c(F)cc1C(=O)Nc1c(Cl)cccc1Cl)C(F)(F)F. The largest absolute Gasteiger partial charge is 0.467 e. The van der Waals surface area contributed by atoms with E-state index in [1.807, 2.05) is 0 Å². The molecule has 0 aliphatic heterocycles. The molecule has 8 nitrogen and oxygen atoms in total. The van der Waals surface area contributed by atoms with Crippen LogP contribution in [-0.4, -0.2) is 37.6 Å². The Hall–Kier alpha value is -3.53. The molecule has 1 heterocycles. The van der Waals surface area contributed by atoms with E-state index in [0.717, 1.165) is 4.57 Å². The highest BCUT2D eigenvalue weighted by Gasteiger charge is 2.41. The number of para-hydroxylation sites is 1. The van der Waals surface area contributed by atoms with Crippen LogP contribution >= 0.6 is 23.2 Å². The molecule has 1 aromatic heterocycles. The lowest BCUT2D eigenvalue weighted by molar-refractivity contribution is -0.177. The summed E-state index contributed by atoms with van der Waals surface area (Å²) in [7, 11) is 1.25. The highest BCUT2D eigenvalue weighted by atomic mass is 35.5. The van der Waals surface area contributed by atoms with Crippen LogP contribution in [0.3, 0.4) is 0 Å². The fraction of sp³-hybridized carbons (Fsp3) is 0.261. The lowest BCUT2D eigenvalue weighted by Gasteiger charge is -2.20. The Kier molecular flexibility index (Phi) is 7.64. The molecule has 0 saturated heterocycles. The van der Waals surface area contributed by atoms with Gasteiger partial charge in [0.15, 0.2) is 5.82 Å². The molecule has 0 bridgehead atoms. The normalized spacial score (nSPS) is 12.7. The molecule has 196 valence electrons. The molecule has 1 amide bonds. The number of rotatable bonds is 6. The number of carbonyl (C=O) groups excluding carboxylic acids is 1. The minimum atomic E-state index is -5.06. The summed E-state index contributed by atoms with van der Waals surface area (Å²) < 4.78 is 61.6. The van der Waals surface area contributed by atoms with Crippen molar-refractivity contribution in [3.8, 4) is 23.8 Å². The summed E-state index contributed by atoms with van der Waals surface area (Å²) in [6.07, 6.45) is -2.91. The number of terminal acetylenes is 1. The van der Waals surface area contributed by atoms with E-state index < -0.39 is 52.3 Å². The Morgan fingerprint density at radius 2 is 1.84 bits per heavy atom. The van der Waals surface area contributed by atoms with E-state index in [9.17, 15) is 27.9 Å². The summed E-state index contributed by atoms with van der Waals surface area (Å²) in [4.78, 5) is 25.7. The quantitative estimate of drug-likeness (QED) is 0.343. The summed E-state index contributed by atoms with van der Waals surface area (Å²) in [6, 6.07) is 5.46. The van der Waals surface area contributed by atoms with Crippen LogP contribution in [0.1, 0.15) is 30.0 Å². The molecule has 0 spiro atoms. The van der Waals surface area contributed by atoms with Crippen LogP contribution in [0.5, 0.6) is 5.75 Å². The van der Waals surface area contributed by atoms with Gasteiger partial charge in [-0.25, -0.2) is 9.18 Å². The minimum absolute atomic E-state index is 0.00334. The molecule has 2 aromatic carbocycles. The molecule has 0 aliphatic rings. The van der Waals surface area contributed by atoms with Crippen molar-refractivity contribution < 1.29 is 32.2 Å². The third-order valence-electron chi connectivity index (χ3n) is 4.94. The minimum Gasteiger partial charge on any atom is -0.467 e. The molecule has 37 heavy (non-hydrogen) atoms. The number of benzene rings is 2. The van der Waals surface area contributed by atoms with Gasteiger partial charge in [-0.05, 0) is 32.0 Å². The maximum Gasteiger partial charge on any atom is 0.437 e. The van der Waals surface area contributed by atoms with E-state index in [-0.39, 0.29) is 21.6 Å². The van der Waals surface area contributed by atoms with Crippen molar-refractivity contribution in [2.75, 3.05) is 5.32 Å². The van der Waals surface area contributed by atoms with Gasteiger partial charge >= 0.3 is 11.9 Å². The number of hydrogen-bond donors (Lipinski definition) is 2. The van der Waals surface area contributed by atoms with Gasteiger partial charge in [-0.3, -0.25) is 9.36 Å². The molecule has 14 heteroatoms. The van der Waals surface area contributed by atoms with E-state index in [4.69, 9.17) is 34.4 Å². The second-order valence-electron chi connectivity index (χ2n) is 8.19. The fourth-order valence-electron chi connectivity index (χ4n) is 3.23. The van der Waals surface area contributed by atoms with Gasteiger partial charge in [-0.1, -0.05) is 35.2 Å². The van der Waals surface area contributed by atoms with Crippen molar-refractivity contribution in [3.05, 3.63) is 68.1 Å². The lowest BCUT2D eigenvalue weighted by Crippen LogP contribution is -2.33. The van der Waals surface area contributed by atoms with Crippen molar-refractivity contribution in [3.63, 3.8) is 0 Å². The number of halogens is 6. The van der Waals surface area contributed by atoms with Gasteiger partial charge in [0.05, 0.1) is 21.3 Å². The number of nitrogens with zero attached hydrogens (tertiary/aromatic N) is 3. The van der Waals surface area contributed by atoms with Crippen LogP contribution in [-0.2, 0) is 12.6 Å². The van der Waals surface area contributed by atoms with Gasteiger partial charge in [0.25, 0.3) is 12.0 Å². The molecule has 2 N–H and O–H groups in total. The third-order valence-corrected chi connectivity index (χ3v) is 5.57. The zero-order valence-corrected chi connectivity index (χ0v) is 20.8. The van der Waals surface area contributed by atoms with E-state index in [2.05, 4.69) is 10.4 Å². The Morgan fingerprint density at radius 1 is 1.24 bits per heavy atom. The predicted octanol–water partition coefficient (Wildman–Crippen LogP) is 4.44. The fourth-order valence-corrected chi connectivity index (χ4v) is 3.72. The molecule has 0 unspecified atom stereocenters. The molecule has 1 atom stereocenters. The van der Waals surface area contributed by atoms with Crippen molar-refractivity contribution in [1.29, 1.82) is 0 Å². The first-order valence-corrected chi connectivity index (χ1v) is 11.0. The summed E-state index contributed by atoms with van der Waals surface area (Å²) in [5.74, 6) is -1.95. The first-order valence-electron chi connectivity index (χ1n) is 10.2. The van der Waals surface area contributed by atoms with E-state index in [1.54, 1.807) is 0 Å². The van der Waals surface area contributed by atoms with Crippen LogP contribution < -0.4 is 15.7 Å². The smallest absolute Gasteiger partial charge is 0.437 e. The van der Waals surface area contributed by atoms with Crippen LogP contribution in [0.25, 0.3) is 5.69 Å². The number of aliphatic hydroxyl groups is 1. The number of alkyl halides is 3. The zero-order valence-electron chi connectivity index (χ0n) is 19.3. The average Bonchev–Trinajstić information content (AvgIpc) is 3.09. The summed E-state index contributed by atoms with van der Waals surface area (Å²) >= 11 is 12.1. The number of anilines is 1. The van der Waals surface area contributed by atoms with E-state index in [1.165, 1.54) is 45.0 Å². The maximum absolute atomic E-state index is 15.2. The monoisotopic (exact) mass is 560 g/mol. The molecule has 3 rings (SSSR count). The van der Waals surface area contributed by atoms with Crippen molar-refractivity contribution >= 4 is 34.8 Å². The van der Waals surface area contributed by atoms with Crippen LogP contribution in [0.4, 0.5) is 23.2 Å². The highest BCUT2D eigenvalue weighted by molar-refractivity contribution is 6.40. The highest BCUT2D eigenvalue weighted by Crippen LogP contribution is 2.34. The average molecular weight is 561 g/mol. The molecule has 3 aromatic rings. The van der Waals surface area contributed by atoms with Crippen molar-refractivity contribution in [2.45, 2.75) is 31.7 Å². The third kappa shape index (κ3) is 5.74. The van der Waals surface area contributed by atoms with Crippen LogP contribution in [0, 0.1) is 18.2 Å². The Morgan fingerprint density at radius 3 is 2.32 bits per heavy atom. The standard InChI is InChI=1S/C23H18Cl2F4N4O4/c1-5-17(23(27,28)29)37-16-10-15(33-21(35)32(4)20(31-33)22(2,3)36)14(26)9-11(16)19(34)30-18-12(24)7-6-8-13(18)25/h1,6-10,17,36H,2-4H3,(H,30,34)/t17-/m0/s1. The van der Waals surface area contributed by atoms with Crippen molar-refractivity contribution in [1.82, 2.24) is 14.3 Å². The lowest BCUT2D eigenvalue weighted by atomic mass is 10.1. The topological polar surface area (TPSA) is 98.4 Å². The Labute approximate surface area is 217 Å². The number of nitrogens with one attached hydrogen (secondary N) is 1. The molecule has 0 fully saturated rings. The van der Waals surface area contributed by atoms with Gasteiger partial charge in [0, 0.05) is 13.1 Å². The first-order chi connectivity index (χ1) is 17.1. The van der Waals surface area contributed by atoms with Gasteiger partial charge in [-0.2, -0.15) is 17.9 Å². The van der Waals surface area contributed by atoms with Gasteiger partial charge in [0.2, 0.25) is 0 Å². The summed E-state index contributed by atoms with van der Waals surface area (Å²) in [6.45, 7) is 2.64. The molecular formula is C23H18Cl2F4N4O4. The number of ether oxygens (including phenoxy) is 1. The second kappa shape index (κ2) is 10.1. The number of aromatic nitrogens is 3. The summed E-state index contributed by atoms with van der Waals surface area (Å²) in [5.41, 5.74) is -4.05. The Balaban J connectivity index is 2.21. The van der Waals surface area contributed by atoms with Crippen LogP contribution in [0.15, 0.2) is 35.1 Å². The van der Waals surface area contributed by atoms with Crippen LogP contribution in [0.2, 0.25) is 10.0 Å². The number of hydrogen-bond acceptors (Lipinski definition) is 5. The number of carbonyl (C=O) groups is 1. The molecule has 0 saturated carbocycles. The molecule has 0 radical (unpaired) electrons.